The summed E-state index contributed by atoms with van der Waals surface area (Å²) in [6, 6.07) is -2.13. The summed E-state index contributed by atoms with van der Waals surface area (Å²) < 4.78 is 43.0. The van der Waals surface area contributed by atoms with Crippen LogP contribution in [0.2, 0.25) is 0 Å². The van der Waals surface area contributed by atoms with Crippen molar-refractivity contribution in [2.24, 2.45) is 17.6 Å². The molecular formula is C13H22F3NO2. The zero-order valence-corrected chi connectivity index (χ0v) is 11.2. The van der Waals surface area contributed by atoms with E-state index >= 15 is 0 Å². The number of esters is 1. The van der Waals surface area contributed by atoms with Crippen LogP contribution in [0.5, 0.6) is 0 Å². The topological polar surface area (TPSA) is 52.3 Å². The van der Waals surface area contributed by atoms with Crippen LogP contribution in [0.15, 0.2) is 0 Å². The van der Waals surface area contributed by atoms with Gasteiger partial charge in [-0.15, -0.1) is 0 Å². The fourth-order valence-electron chi connectivity index (χ4n) is 2.53. The lowest BCUT2D eigenvalue weighted by atomic mass is 9.88. The van der Waals surface area contributed by atoms with Crippen LogP contribution >= 0.6 is 0 Å². The number of ether oxygens (including phenoxy) is 1. The highest BCUT2D eigenvalue weighted by atomic mass is 19.4. The molecule has 0 aliphatic heterocycles. The third kappa shape index (κ3) is 5.01. The zero-order valence-electron chi connectivity index (χ0n) is 11.2. The van der Waals surface area contributed by atoms with Crippen molar-refractivity contribution in [2.75, 3.05) is 6.61 Å². The number of rotatable bonds is 6. The smallest absolute Gasteiger partial charge is 0.404 e. The van der Waals surface area contributed by atoms with Crippen LogP contribution in [0, 0.1) is 11.8 Å². The van der Waals surface area contributed by atoms with Gasteiger partial charge in [-0.25, -0.2) is 0 Å². The molecule has 1 rings (SSSR count). The Bertz CT molecular complexity index is 288. The van der Waals surface area contributed by atoms with Crippen LogP contribution < -0.4 is 5.73 Å². The van der Waals surface area contributed by atoms with Gasteiger partial charge in [-0.05, 0) is 18.8 Å². The third-order valence-corrected chi connectivity index (χ3v) is 3.62. The van der Waals surface area contributed by atoms with Crippen molar-refractivity contribution in [3.8, 4) is 0 Å². The normalized spacial score (nSPS) is 20.3. The molecule has 0 bridgehead atoms. The van der Waals surface area contributed by atoms with Crippen LogP contribution in [0.4, 0.5) is 13.2 Å². The van der Waals surface area contributed by atoms with E-state index < -0.39 is 24.1 Å². The summed E-state index contributed by atoms with van der Waals surface area (Å²) in [5.41, 5.74) is 5.22. The Morgan fingerprint density at radius 1 is 1.37 bits per heavy atom. The highest BCUT2D eigenvalue weighted by Crippen LogP contribution is 2.35. The van der Waals surface area contributed by atoms with E-state index in [1.807, 2.05) is 0 Å². The Morgan fingerprint density at radius 3 is 2.42 bits per heavy atom. The minimum absolute atomic E-state index is 0.143. The quantitative estimate of drug-likeness (QED) is 0.761. The van der Waals surface area contributed by atoms with Gasteiger partial charge >= 0.3 is 12.1 Å². The molecule has 3 nitrogen and oxygen atoms in total. The number of hydrogen-bond acceptors (Lipinski definition) is 3. The first-order valence-corrected chi connectivity index (χ1v) is 6.85. The fraction of sp³-hybridized carbons (Fsp3) is 0.923. The molecule has 0 heterocycles. The highest BCUT2D eigenvalue weighted by molar-refractivity contribution is 5.73. The maximum atomic E-state index is 12.7. The van der Waals surface area contributed by atoms with Gasteiger partial charge in [0.1, 0.15) is 6.04 Å². The molecule has 112 valence electrons. The Labute approximate surface area is 111 Å². The van der Waals surface area contributed by atoms with E-state index in [4.69, 9.17) is 10.5 Å². The summed E-state index contributed by atoms with van der Waals surface area (Å²) >= 11 is 0. The molecule has 0 spiro atoms. The van der Waals surface area contributed by atoms with Gasteiger partial charge in [0.05, 0.1) is 12.5 Å². The molecule has 1 aliphatic carbocycles. The molecule has 0 aromatic heterocycles. The minimum atomic E-state index is -4.56. The number of carbonyl (C=O) groups is 1. The maximum absolute atomic E-state index is 12.7. The summed E-state index contributed by atoms with van der Waals surface area (Å²) in [7, 11) is 0. The monoisotopic (exact) mass is 281 g/mol. The molecule has 0 saturated heterocycles. The van der Waals surface area contributed by atoms with Crippen molar-refractivity contribution in [1.82, 2.24) is 0 Å². The largest absolute Gasteiger partial charge is 0.465 e. The van der Waals surface area contributed by atoms with Gasteiger partial charge in [0, 0.05) is 0 Å². The molecule has 0 aromatic carbocycles. The van der Waals surface area contributed by atoms with Gasteiger partial charge in [-0.1, -0.05) is 32.6 Å². The molecule has 0 aromatic rings. The zero-order chi connectivity index (χ0) is 14.5. The second-order valence-corrected chi connectivity index (χ2v) is 5.23. The molecule has 1 aliphatic rings. The molecule has 0 amide bonds. The third-order valence-electron chi connectivity index (χ3n) is 3.62. The standard InChI is InChI=1S/C13H22F3NO2/c1-2-7-19-12(18)10(11(17)13(14,15)16)8-9-5-3-4-6-9/h9-11H,2-8,17H2,1H3/t10-,11-/m0/s1. The number of carbonyl (C=O) groups excluding carboxylic acids is 1. The van der Waals surface area contributed by atoms with Gasteiger partial charge in [0.2, 0.25) is 0 Å². The lowest BCUT2D eigenvalue weighted by Gasteiger charge is -2.26. The molecule has 6 heteroatoms. The van der Waals surface area contributed by atoms with Crippen molar-refractivity contribution in [3.05, 3.63) is 0 Å². The molecule has 1 saturated carbocycles. The Hall–Kier alpha value is -0.780. The summed E-state index contributed by atoms with van der Waals surface area (Å²) in [6.45, 7) is 1.94. The maximum Gasteiger partial charge on any atom is 0.404 e. The van der Waals surface area contributed by atoms with E-state index in [1.54, 1.807) is 6.92 Å². The van der Waals surface area contributed by atoms with E-state index in [2.05, 4.69) is 0 Å². The Kier molecular flexibility index (Phi) is 6.10. The lowest BCUT2D eigenvalue weighted by Crippen LogP contribution is -2.48. The summed E-state index contributed by atoms with van der Waals surface area (Å²) in [6.07, 6.45) is -0.00353. The Balaban J connectivity index is 2.68. The van der Waals surface area contributed by atoms with Crippen molar-refractivity contribution >= 4 is 5.97 Å². The van der Waals surface area contributed by atoms with Crippen LogP contribution in [0.25, 0.3) is 0 Å². The van der Waals surface area contributed by atoms with Crippen molar-refractivity contribution < 1.29 is 22.7 Å². The van der Waals surface area contributed by atoms with Gasteiger partial charge in [0.25, 0.3) is 0 Å². The molecule has 19 heavy (non-hydrogen) atoms. The first-order chi connectivity index (χ1) is 8.86. The van der Waals surface area contributed by atoms with Crippen LogP contribution in [0.1, 0.15) is 45.4 Å². The molecule has 2 atom stereocenters. The van der Waals surface area contributed by atoms with Crippen LogP contribution in [-0.4, -0.2) is 24.8 Å². The predicted octanol–water partition coefficient (Wildman–Crippen LogP) is 3.03. The predicted molar refractivity (Wildman–Crippen MR) is 65.3 cm³/mol. The lowest BCUT2D eigenvalue weighted by molar-refractivity contribution is -0.177. The molecular weight excluding hydrogens is 259 g/mol. The fourth-order valence-corrected chi connectivity index (χ4v) is 2.53. The van der Waals surface area contributed by atoms with Gasteiger partial charge < -0.3 is 10.5 Å². The first-order valence-electron chi connectivity index (χ1n) is 6.85. The minimum Gasteiger partial charge on any atom is -0.465 e. The van der Waals surface area contributed by atoms with E-state index in [1.165, 1.54) is 0 Å². The van der Waals surface area contributed by atoms with E-state index in [-0.39, 0.29) is 18.9 Å². The average molecular weight is 281 g/mol. The second-order valence-electron chi connectivity index (χ2n) is 5.23. The Morgan fingerprint density at radius 2 is 1.95 bits per heavy atom. The number of hydrogen-bond donors (Lipinski definition) is 1. The van der Waals surface area contributed by atoms with Crippen LogP contribution in [0.3, 0.4) is 0 Å². The van der Waals surface area contributed by atoms with Gasteiger partial charge in [-0.3, -0.25) is 4.79 Å². The number of halogens is 3. The van der Waals surface area contributed by atoms with Gasteiger partial charge in [-0.2, -0.15) is 13.2 Å². The molecule has 1 fully saturated rings. The first kappa shape index (κ1) is 16.3. The summed E-state index contributed by atoms with van der Waals surface area (Å²) in [5.74, 6) is -1.92. The second kappa shape index (κ2) is 7.12. The molecule has 0 radical (unpaired) electrons. The highest BCUT2D eigenvalue weighted by Gasteiger charge is 2.46. The van der Waals surface area contributed by atoms with E-state index in [9.17, 15) is 18.0 Å². The van der Waals surface area contributed by atoms with Crippen molar-refractivity contribution in [3.63, 3.8) is 0 Å². The van der Waals surface area contributed by atoms with Crippen molar-refractivity contribution in [2.45, 2.75) is 57.7 Å². The van der Waals surface area contributed by atoms with Crippen molar-refractivity contribution in [1.29, 1.82) is 0 Å². The molecule has 0 unspecified atom stereocenters. The van der Waals surface area contributed by atoms with Crippen LogP contribution in [-0.2, 0) is 9.53 Å². The average Bonchev–Trinajstić information content (AvgIpc) is 2.83. The summed E-state index contributed by atoms with van der Waals surface area (Å²) in [5, 5.41) is 0. The van der Waals surface area contributed by atoms with Gasteiger partial charge in [0.15, 0.2) is 0 Å². The van der Waals surface area contributed by atoms with E-state index in [0.717, 1.165) is 25.7 Å². The van der Waals surface area contributed by atoms with E-state index in [0.29, 0.717) is 6.42 Å². The number of alkyl halides is 3. The SMILES string of the molecule is CCCOC(=O)[C@@H](CC1CCCC1)[C@H](N)C(F)(F)F. The summed E-state index contributed by atoms with van der Waals surface area (Å²) in [4.78, 5) is 11.8. The molecule has 2 N–H and O–H groups in total. The number of nitrogens with two attached hydrogens (primary N) is 1.